The molecule has 6 nitrogen and oxygen atoms in total. The van der Waals surface area contributed by atoms with Crippen LogP contribution in [0.25, 0.3) is 0 Å². The molecule has 2 aromatic rings. The van der Waals surface area contributed by atoms with Crippen LogP contribution < -0.4 is 10.7 Å². The van der Waals surface area contributed by atoms with Gasteiger partial charge in [-0.15, -0.1) is 0 Å². The second-order valence-electron chi connectivity index (χ2n) is 4.67. The molecule has 0 saturated heterocycles. The van der Waals surface area contributed by atoms with Crippen molar-refractivity contribution in [3.05, 3.63) is 52.6 Å². The van der Waals surface area contributed by atoms with Gasteiger partial charge in [0.15, 0.2) is 11.2 Å². The second-order valence-corrected chi connectivity index (χ2v) is 4.67. The van der Waals surface area contributed by atoms with Crippen LogP contribution in [0.15, 0.2) is 40.1 Å². The molecule has 106 valence electrons. The van der Waals surface area contributed by atoms with Crippen LogP contribution in [0.1, 0.15) is 35.7 Å². The largest absolute Gasteiger partial charge is 0.456 e. The van der Waals surface area contributed by atoms with Crippen LogP contribution in [0.3, 0.4) is 0 Å². The monoisotopic (exact) mass is 275 g/mol. The molecule has 1 atom stereocenters. The third-order valence-corrected chi connectivity index (χ3v) is 3.00. The van der Waals surface area contributed by atoms with Crippen molar-refractivity contribution < 1.29 is 9.21 Å². The number of hydrogen-bond acceptors (Lipinski definition) is 4. The van der Waals surface area contributed by atoms with E-state index in [1.165, 1.54) is 12.1 Å². The Kier molecular flexibility index (Phi) is 4.34. The van der Waals surface area contributed by atoms with Gasteiger partial charge in [-0.05, 0) is 20.3 Å². The van der Waals surface area contributed by atoms with E-state index in [0.29, 0.717) is 12.3 Å². The Morgan fingerprint density at radius 3 is 2.95 bits per heavy atom. The molecule has 0 bridgehead atoms. The van der Waals surface area contributed by atoms with Crippen LogP contribution >= 0.6 is 0 Å². The number of hydrogen-bond donors (Lipinski definition) is 1. The molecule has 0 aliphatic carbocycles. The predicted octanol–water partition coefficient (Wildman–Crippen LogP) is 1.53. The SMILES string of the molecule is Cc1cc(=O)cc(C(=O)NCCC(C)n2ccnc2)o1. The van der Waals surface area contributed by atoms with Crippen molar-refractivity contribution in [3.63, 3.8) is 0 Å². The van der Waals surface area contributed by atoms with Crippen molar-refractivity contribution in [1.29, 1.82) is 0 Å². The first kappa shape index (κ1) is 14.0. The van der Waals surface area contributed by atoms with Gasteiger partial charge in [0.2, 0.25) is 0 Å². The summed E-state index contributed by atoms with van der Waals surface area (Å²) in [7, 11) is 0. The molecular formula is C14H17N3O3. The summed E-state index contributed by atoms with van der Waals surface area (Å²) >= 11 is 0. The minimum absolute atomic E-state index is 0.0466. The molecule has 0 spiro atoms. The number of aryl methyl sites for hydroxylation is 1. The number of nitrogens with zero attached hydrogens (tertiary/aromatic N) is 2. The number of carbonyl (C=O) groups excluding carboxylic acids is 1. The van der Waals surface area contributed by atoms with Crippen LogP contribution in [0, 0.1) is 6.92 Å². The first-order chi connectivity index (χ1) is 9.56. The normalized spacial score (nSPS) is 12.1. The van der Waals surface area contributed by atoms with Crippen LogP contribution in [0.2, 0.25) is 0 Å². The van der Waals surface area contributed by atoms with E-state index in [-0.39, 0.29) is 23.1 Å². The van der Waals surface area contributed by atoms with E-state index in [1.807, 2.05) is 17.7 Å². The molecule has 1 amide bonds. The van der Waals surface area contributed by atoms with E-state index < -0.39 is 0 Å². The zero-order valence-electron chi connectivity index (χ0n) is 11.5. The zero-order valence-corrected chi connectivity index (χ0v) is 11.5. The smallest absolute Gasteiger partial charge is 0.287 e. The Bertz CT molecular complexity index is 631. The third-order valence-electron chi connectivity index (χ3n) is 3.00. The zero-order chi connectivity index (χ0) is 14.5. The van der Waals surface area contributed by atoms with E-state index >= 15 is 0 Å². The highest BCUT2D eigenvalue weighted by atomic mass is 16.3. The molecule has 1 N–H and O–H groups in total. The van der Waals surface area contributed by atoms with Crippen molar-refractivity contribution in [2.75, 3.05) is 6.54 Å². The van der Waals surface area contributed by atoms with E-state index in [1.54, 1.807) is 19.4 Å². The molecule has 6 heteroatoms. The lowest BCUT2D eigenvalue weighted by Crippen LogP contribution is -2.26. The molecule has 0 aromatic carbocycles. The minimum Gasteiger partial charge on any atom is -0.456 e. The van der Waals surface area contributed by atoms with Gasteiger partial charge in [0.1, 0.15) is 5.76 Å². The predicted molar refractivity (Wildman–Crippen MR) is 73.6 cm³/mol. The average molecular weight is 275 g/mol. The molecule has 0 saturated carbocycles. The summed E-state index contributed by atoms with van der Waals surface area (Å²) in [5.41, 5.74) is -0.231. The maximum atomic E-state index is 11.9. The fourth-order valence-electron chi connectivity index (χ4n) is 1.88. The van der Waals surface area contributed by atoms with E-state index in [2.05, 4.69) is 10.3 Å². The van der Waals surface area contributed by atoms with Crippen molar-refractivity contribution in [1.82, 2.24) is 14.9 Å². The number of aromatic nitrogens is 2. The Balaban J connectivity index is 1.88. The molecular weight excluding hydrogens is 258 g/mol. The van der Waals surface area contributed by atoms with Gasteiger partial charge in [-0.1, -0.05) is 0 Å². The molecule has 2 aromatic heterocycles. The van der Waals surface area contributed by atoms with Gasteiger partial charge >= 0.3 is 0 Å². The van der Waals surface area contributed by atoms with Crippen molar-refractivity contribution in [2.45, 2.75) is 26.3 Å². The third kappa shape index (κ3) is 3.57. The molecule has 20 heavy (non-hydrogen) atoms. The second kappa shape index (κ2) is 6.18. The molecule has 2 rings (SSSR count). The molecule has 0 radical (unpaired) electrons. The lowest BCUT2D eigenvalue weighted by atomic mass is 10.2. The number of carbonyl (C=O) groups is 1. The highest BCUT2D eigenvalue weighted by Crippen LogP contribution is 2.08. The fraction of sp³-hybridized carbons (Fsp3) is 0.357. The lowest BCUT2D eigenvalue weighted by molar-refractivity contribution is 0.0920. The Morgan fingerprint density at radius 2 is 2.30 bits per heavy atom. The molecule has 0 aliphatic heterocycles. The molecule has 0 aliphatic rings. The van der Waals surface area contributed by atoms with Crippen LogP contribution in [0.4, 0.5) is 0 Å². The number of nitrogens with one attached hydrogen (secondary N) is 1. The summed E-state index contributed by atoms with van der Waals surface area (Å²) in [6.07, 6.45) is 6.10. The van der Waals surface area contributed by atoms with E-state index in [0.717, 1.165) is 6.42 Å². The van der Waals surface area contributed by atoms with Gasteiger partial charge in [0, 0.05) is 37.1 Å². The minimum atomic E-state index is -0.372. The van der Waals surface area contributed by atoms with Crippen LogP contribution in [-0.2, 0) is 0 Å². The molecule has 0 fully saturated rings. The van der Waals surface area contributed by atoms with E-state index in [4.69, 9.17) is 4.42 Å². The Labute approximate surface area is 116 Å². The van der Waals surface area contributed by atoms with Gasteiger partial charge in [-0.3, -0.25) is 9.59 Å². The van der Waals surface area contributed by atoms with Crippen LogP contribution in [-0.4, -0.2) is 22.0 Å². The van der Waals surface area contributed by atoms with Crippen molar-refractivity contribution >= 4 is 5.91 Å². The van der Waals surface area contributed by atoms with Gasteiger partial charge in [-0.2, -0.15) is 0 Å². The summed E-state index contributed by atoms with van der Waals surface area (Å²) in [6, 6.07) is 2.78. The van der Waals surface area contributed by atoms with E-state index in [9.17, 15) is 9.59 Å². The Hall–Kier alpha value is -2.37. The summed E-state index contributed by atoms with van der Waals surface area (Å²) in [5.74, 6) is 0.100. The Morgan fingerprint density at radius 1 is 1.50 bits per heavy atom. The summed E-state index contributed by atoms with van der Waals surface area (Å²) < 4.78 is 7.19. The van der Waals surface area contributed by atoms with Gasteiger partial charge < -0.3 is 14.3 Å². The number of imidazole rings is 1. The first-order valence-electron chi connectivity index (χ1n) is 6.43. The summed E-state index contributed by atoms with van der Waals surface area (Å²) in [5, 5.41) is 2.74. The summed E-state index contributed by atoms with van der Waals surface area (Å²) in [4.78, 5) is 27.1. The fourth-order valence-corrected chi connectivity index (χ4v) is 1.88. The number of amides is 1. The van der Waals surface area contributed by atoms with Crippen molar-refractivity contribution in [3.8, 4) is 0 Å². The standard InChI is InChI=1S/C14H17N3O3/c1-10(17-6-5-15-9-17)3-4-16-14(19)13-8-12(18)7-11(2)20-13/h5-10H,3-4H2,1-2H3,(H,16,19). The maximum Gasteiger partial charge on any atom is 0.287 e. The lowest BCUT2D eigenvalue weighted by Gasteiger charge is -2.13. The quantitative estimate of drug-likeness (QED) is 0.897. The van der Waals surface area contributed by atoms with Gasteiger partial charge in [-0.25, -0.2) is 4.98 Å². The summed E-state index contributed by atoms with van der Waals surface area (Å²) in [6.45, 7) is 4.18. The maximum absolute atomic E-state index is 11.9. The number of rotatable bonds is 5. The van der Waals surface area contributed by atoms with Gasteiger partial charge in [0.25, 0.3) is 5.91 Å². The highest BCUT2D eigenvalue weighted by molar-refractivity contribution is 5.91. The molecule has 2 heterocycles. The van der Waals surface area contributed by atoms with Gasteiger partial charge in [0.05, 0.1) is 6.33 Å². The topological polar surface area (TPSA) is 77.1 Å². The van der Waals surface area contributed by atoms with Crippen molar-refractivity contribution in [2.24, 2.45) is 0 Å². The first-order valence-corrected chi connectivity index (χ1v) is 6.43. The highest BCUT2D eigenvalue weighted by Gasteiger charge is 2.10. The average Bonchev–Trinajstić information content (AvgIpc) is 2.91. The van der Waals surface area contributed by atoms with Crippen LogP contribution in [0.5, 0.6) is 0 Å². The molecule has 1 unspecified atom stereocenters.